The molecule has 2 N–H and O–H groups in total. The summed E-state index contributed by atoms with van der Waals surface area (Å²) in [5.41, 5.74) is 3.28. The number of hydrogen-bond donors (Lipinski definition) is 2. The standard InChI is InChI=1S/C38H45N5O6Si/c1-25-36(50(3,4)47)34(17-19-41-23-32(39-40-41)30(24-44)27-11-6-5-7-12-27)49-38(25)31-21-29(48-2)15-16-33(31)43(37(38)46)22-26-10-8-13-28(20-26)42-18-9-14-35(42)45/h5-8,10-13,15-16,20-21,23,25,30,34,36,44,47H,9,14,17-19,22,24H2,1-4H3/t25-,30?,34+,36-,38+/m0/s1. The molecule has 1 aromatic heterocycles. The van der Waals surface area contributed by atoms with E-state index in [1.807, 2.05) is 104 Å². The maximum Gasteiger partial charge on any atom is 0.264 e. The second-order valence-corrected chi connectivity index (χ2v) is 18.3. The number of hydrogen-bond acceptors (Lipinski definition) is 8. The van der Waals surface area contributed by atoms with Crippen molar-refractivity contribution in [1.82, 2.24) is 15.0 Å². The molecule has 2 amide bonds. The fourth-order valence-corrected chi connectivity index (χ4v) is 11.0. The van der Waals surface area contributed by atoms with Crippen molar-refractivity contribution in [1.29, 1.82) is 0 Å². The minimum absolute atomic E-state index is 0.0942. The molecule has 3 aliphatic rings. The Kier molecular flexibility index (Phi) is 9.14. The van der Waals surface area contributed by atoms with Gasteiger partial charge in [-0.2, -0.15) is 0 Å². The largest absolute Gasteiger partial charge is 0.497 e. The molecule has 0 bridgehead atoms. The maximum absolute atomic E-state index is 14.9. The van der Waals surface area contributed by atoms with Crippen molar-refractivity contribution in [2.75, 3.05) is 30.1 Å². The van der Waals surface area contributed by atoms with Gasteiger partial charge in [-0.05, 0) is 67.4 Å². The Morgan fingerprint density at radius 3 is 2.58 bits per heavy atom. The Morgan fingerprint density at radius 2 is 1.88 bits per heavy atom. The highest BCUT2D eigenvalue weighted by Gasteiger charge is 2.66. The van der Waals surface area contributed by atoms with Crippen molar-refractivity contribution in [2.24, 2.45) is 5.92 Å². The molecular weight excluding hydrogens is 651 g/mol. The van der Waals surface area contributed by atoms with Crippen LogP contribution in [0.15, 0.2) is 79.0 Å². The van der Waals surface area contributed by atoms with Gasteiger partial charge in [-0.15, -0.1) is 5.10 Å². The van der Waals surface area contributed by atoms with E-state index < -0.39 is 20.0 Å². The molecule has 4 aromatic rings. The van der Waals surface area contributed by atoms with Crippen molar-refractivity contribution >= 4 is 31.5 Å². The molecule has 1 unspecified atom stereocenters. The van der Waals surface area contributed by atoms with E-state index in [4.69, 9.17) is 9.47 Å². The number of methoxy groups -OCH3 is 1. The molecule has 262 valence electrons. The number of carbonyl (C=O) groups is 2. The molecule has 50 heavy (non-hydrogen) atoms. The highest BCUT2D eigenvalue weighted by Crippen LogP contribution is 2.60. The summed E-state index contributed by atoms with van der Waals surface area (Å²) in [7, 11) is -1.28. The average Bonchev–Trinajstić information content (AvgIpc) is 3.87. The summed E-state index contributed by atoms with van der Waals surface area (Å²) < 4.78 is 14.4. The predicted octanol–water partition coefficient (Wildman–Crippen LogP) is 4.97. The van der Waals surface area contributed by atoms with Crippen LogP contribution in [-0.2, 0) is 33.0 Å². The number of amides is 2. The predicted molar refractivity (Wildman–Crippen MR) is 191 cm³/mol. The monoisotopic (exact) mass is 695 g/mol. The molecule has 0 saturated carbocycles. The minimum atomic E-state index is -2.89. The number of aromatic nitrogens is 3. The fourth-order valence-electron chi connectivity index (χ4n) is 8.43. The second kappa shape index (κ2) is 13.4. The Balaban J connectivity index is 1.18. The third kappa shape index (κ3) is 5.93. The van der Waals surface area contributed by atoms with E-state index >= 15 is 0 Å². The molecule has 3 aliphatic heterocycles. The van der Waals surface area contributed by atoms with Gasteiger partial charge in [-0.25, -0.2) is 0 Å². The van der Waals surface area contributed by atoms with Gasteiger partial charge in [-0.1, -0.05) is 54.6 Å². The molecule has 2 saturated heterocycles. The molecule has 1 spiro atoms. The number of carbonyl (C=O) groups excluding carboxylic acids is 2. The van der Waals surface area contributed by atoms with Gasteiger partial charge in [-0.3, -0.25) is 14.3 Å². The average molecular weight is 696 g/mol. The molecule has 12 heteroatoms. The van der Waals surface area contributed by atoms with Gasteiger partial charge in [0, 0.05) is 48.4 Å². The first-order valence-electron chi connectivity index (χ1n) is 17.4. The van der Waals surface area contributed by atoms with Crippen LogP contribution in [0.25, 0.3) is 0 Å². The second-order valence-electron chi connectivity index (χ2n) is 14.3. The number of ether oxygens (including phenoxy) is 2. The number of rotatable bonds is 11. The van der Waals surface area contributed by atoms with Crippen molar-refractivity contribution in [3.8, 4) is 5.75 Å². The van der Waals surface area contributed by atoms with Crippen LogP contribution >= 0.6 is 0 Å². The lowest BCUT2D eigenvalue weighted by molar-refractivity contribution is -0.146. The lowest BCUT2D eigenvalue weighted by atomic mass is 9.82. The van der Waals surface area contributed by atoms with Crippen molar-refractivity contribution in [2.45, 2.75) is 75.5 Å². The van der Waals surface area contributed by atoms with Crippen molar-refractivity contribution < 1.29 is 29.0 Å². The first kappa shape index (κ1) is 34.1. The van der Waals surface area contributed by atoms with Crippen LogP contribution in [0.5, 0.6) is 5.75 Å². The fraction of sp³-hybridized carbons (Fsp3) is 0.421. The van der Waals surface area contributed by atoms with Gasteiger partial charge in [0.1, 0.15) is 5.75 Å². The Morgan fingerprint density at radius 1 is 1.08 bits per heavy atom. The summed E-state index contributed by atoms with van der Waals surface area (Å²) in [4.78, 5) is 42.7. The van der Waals surface area contributed by atoms with E-state index in [9.17, 15) is 19.5 Å². The Labute approximate surface area is 293 Å². The summed E-state index contributed by atoms with van der Waals surface area (Å²) in [6.07, 6.45) is 3.31. The zero-order valence-corrected chi connectivity index (χ0v) is 30.0. The van der Waals surface area contributed by atoms with Gasteiger partial charge in [0.25, 0.3) is 5.91 Å². The number of aryl methyl sites for hydroxylation is 1. The lowest BCUT2D eigenvalue weighted by Gasteiger charge is -2.32. The first-order chi connectivity index (χ1) is 24.0. The van der Waals surface area contributed by atoms with E-state index in [0.717, 1.165) is 34.5 Å². The molecule has 7 rings (SSSR count). The number of aliphatic hydroxyl groups is 1. The van der Waals surface area contributed by atoms with Crippen LogP contribution in [0.3, 0.4) is 0 Å². The number of benzene rings is 3. The van der Waals surface area contributed by atoms with E-state index in [0.29, 0.717) is 43.9 Å². The maximum atomic E-state index is 14.9. The minimum Gasteiger partial charge on any atom is -0.497 e. The zero-order valence-electron chi connectivity index (χ0n) is 29.0. The molecule has 2 fully saturated rings. The quantitative estimate of drug-likeness (QED) is 0.211. The van der Waals surface area contributed by atoms with E-state index in [2.05, 4.69) is 10.3 Å². The zero-order chi connectivity index (χ0) is 35.2. The van der Waals surface area contributed by atoms with Crippen LogP contribution in [0.2, 0.25) is 18.6 Å². The van der Waals surface area contributed by atoms with Gasteiger partial charge in [0.05, 0.1) is 43.7 Å². The highest BCUT2D eigenvalue weighted by molar-refractivity contribution is 6.71. The van der Waals surface area contributed by atoms with Crippen molar-refractivity contribution in [3.63, 3.8) is 0 Å². The first-order valence-corrected chi connectivity index (χ1v) is 20.4. The summed E-state index contributed by atoms with van der Waals surface area (Å²) >= 11 is 0. The summed E-state index contributed by atoms with van der Waals surface area (Å²) in [6, 6.07) is 23.2. The van der Waals surface area contributed by atoms with Crippen LogP contribution < -0.4 is 14.5 Å². The molecule has 0 radical (unpaired) electrons. The van der Waals surface area contributed by atoms with Gasteiger partial charge >= 0.3 is 0 Å². The van der Waals surface area contributed by atoms with Crippen LogP contribution in [-0.4, -0.2) is 71.4 Å². The van der Waals surface area contributed by atoms with E-state index in [1.54, 1.807) is 16.7 Å². The SMILES string of the molecule is COc1ccc2c(c1)[C@@]1(O[C@H](CCn3cc(C(CO)c4ccccc4)nn3)[C@@H]([Si](C)(C)O)[C@@H]1C)C(=O)N2Cc1cccc(N2CCCC2=O)c1. The highest BCUT2D eigenvalue weighted by atomic mass is 28.4. The molecule has 3 aromatic carbocycles. The van der Waals surface area contributed by atoms with Gasteiger partial charge < -0.3 is 29.2 Å². The van der Waals surface area contributed by atoms with Crippen LogP contribution in [0, 0.1) is 5.92 Å². The topological polar surface area (TPSA) is 130 Å². The molecule has 4 heterocycles. The third-order valence-corrected chi connectivity index (χ3v) is 13.3. The van der Waals surface area contributed by atoms with E-state index in [1.165, 1.54) is 0 Å². The number of anilines is 2. The lowest BCUT2D eigenvalue weighted by Crippen LogP contribution is -2.46. The van der Waals surface area contributed by atoms with Gasteiger partial charge in [0.15, 0.2) is 13.9 Å². The van der Waals surface area contributed by atoms with Gasteiger partial charge in [0.2, 0.25) is 5.91 Å². The molecule has 11 nitrogen and oxygen atoms in total. The number of fused-ring (bicyclic) bond motifs is 2. The van der Waals surface area contributed by atoms with E-state index in [-0.39, 0.29) is 35.8 Å². The van der Waals surface area contributed by atoms with Crippen LogP contribution in [0.4, 0.5) is 11.4 Å². The molecular formula is C38H45N5O6Si. The summed E-state index contributed by atoms with van der Waals surface area (Å²) in [6.45, 7) is 7.21. The molecule has 5 atom stereocenters. The Hall–Kier alpha value is -4.36. The van der Waals surface area contributed by atoms with Crippen LogP contribution in [0.1, 0.15) is 54.5 Å². The van der Waals surface area contributed by atoms with Crippen molar-refractivity contribution in [3.05, 3.63) is 101 Å². The smallest absolute Gasteiger partial charge is 0.264 e. The summed E-state index contributed by atoms with van der Waals surface area (Å²) in [5, 5.41) is 18.9. The third-order valence-electron chi connectivity index (χ3n) is 10.8. The normalized spacial score (nSPS) is 24.0. The number of nitrogens with zero attached hydrogens (tertiary/aromatic N) is 5. The number of aliphatic hydroxyl groups excluding tert-OH is 1. The molecule has 0 aliphatic carbocycles. The summed E-state index contributed by atoms with van der Waals surface area (Å²) in [5.74, 6) is -0.0609. The Bertz CT molecular complexity index is 1880.